The Bertz CT molecular complexity index is 1160. The topological polar surface area (TPSA) is 102 Å². The van der Waals surface area contributed by atoms with E-state index in [1.807, 2.05) is 35.0 Å². The number of carbonyl (C=O) groups excluding carboxylic acids is 2. The van der Waals surface area contributed by atoms with Crippen molar-refractivity contribution in [3.05, 3.63) is 84.2 Å². The molecule has 3 fully saturated rings. The third-order valence-corrected chi connectivity index (χ3v) is 6.76. The summed E-state index contributed by atoms with van der Waals surface area (Å²) >= 11 is 0. The van der Waals surface area contributed by atoms with Crippen molar-refractivity contribution < 1.29 is 18.7 Å². The molecule has 38 heavy (non-hydrogen) atoms. The minimum absolute atomic E-state index is 0.0268. The Hall–Kier alpha value is -3.56. The van der Waals surface area contributed by atoms with Crippen molar-refractivity contribution in [1.29, 1.82) is 0 Å². The first-order valence-electron chi connectivity index (χ1n) is 13.1. The van der Waals surface area contributed by atoms with Crippen LogP contribution in [0, 0.1) is 11.2 Å². The van der Waals surface area contributed by atoms with Crippen molar-refractivity contribution in [3.8, 4) is 5.69 Å². The van der Waals surface area contributed by atoms with E-state index < -0.39 is 0 Å². The van der Waals surface area contributed by atoms with Gasteiger partial charge in [0.05, 0.1) is 31.5 Å². The summed E-state index contributed by atoms with van der Waals surface area (Å²) in [6.07, 6.45) is 8.89. The molecule has 1 aromatic heterocycles. The van der Waals surface area contributed by atoms with Crippen LogP contribution in [0.4, 0.5) is 4.39 Å². The number of nitrogens with two attached hydrogens (primary N) is 1. The fourth-order valence-corrected chi connectivity index (χ4v) is 4.23. The number of amides is 2. The van der Waals surface area contributed by atoms with Gasteiger partial charge in [-0.3, -0.25) is 9.59 Å². The van der Waals surface area contributed by atoms with Gasteiger partial charge in [0.15, 0.2) is 0 Å². The Morgan fingerprint density at radius 2 is 1.76 bits per heavy atom. The maximum atomic E-state index is 12.4. The predicted molar refractivity (Wildman–Crippen MR) is 143 cm³/mol. The van der Waals surface area contributed by atoms with E-state index in [1.165, 1.54) is 30.5 Å². The molecule has 1 saturated carbocycles. The standard InChI is InChI=1S/C17H18N4O3.C9H9F.C3H9N/c22-15(21-8-17(9-21)10-24-11-17)7-19-16(23)13-1-3-14(4-2-13)20-6-5-18-12-20;10-9-5-3-8(4-6-9)7-1-2-7;1-2-3-4/h1-6,12H,7-11H2,(H,19,23);3-7H,1-2H2;2-4H2,1H3. The van der Waals surface area contributed by atoms with Gasteiger partial charge in [0, 0.05) is 36.7 Å². The Morgan fingerprint density at radius 1 is 1.11 bits per heavy atom. The maximum absolute atomic E-state index is 12.4. The number of nitrogens with one attached hydrogen (secondary N) is 1. The summed E-state index contributed by atoms with van der Waals surface area (Å²) in [6, 6.07) is 14.0. The minimum Gasteiger partial charge on any atom is -0.380 e. The van der Waals surface area contributed by atoms with Crippen molar-refractivity contribution in [2.75, 3.05) is 39.4 Å². The summed E-state index contributed by atoms with van der Waals surface area (Å²) in [6.45, 7) is 5.86. The number of carbonyl (C=O) groups is 2. The normalized spacial score (nSPS) is 16.7. The molecule has 3 aliphatic rings. The molecule has 0 radical (unpaired) electrons. The molecule has 0 unspecified atom stereocenters. The number of nitrogens with zero attached hydrogens (tertiary/aromatic N) is 3. The number of likely N-dealkylation sites (tertiary alicyclic amines) is 1. The number of hydrogen-bond donors (Lipinski definition) is 2. The second-order valence-electron chi connectivity index (χ2n) is 10.1. The Labute approximate surface area is 223 Å². The molecule has 2 aromatic carbocycles. The molecule has 2 amide bonds. The average molecular weight is 522 g/mol. The predicted octanol–water partition coefficient (Wildman–Crippen LogP) is 3.52. The molecule has 6 rings (SSSR count). The van der Waals surface area contributed by atoms with Crippen LogP contribution in [-0.4, -0.2) is 65.7 Å². The zero-order valence-electron chi connectivity index (χ0n) is 21.8. The van der Waals surface area contributed by atoms with Crippen molar-refractivity contribution in [3.63, 3.8) is 0 Å². The first-order valence-corrected chi connectivity index (χ1v) is 13.1. The highest BCUT2D eigenvalue weighted by Crippen LogP contribution is 2.39. The van der Waals surface area contributed by atoms with E-state index in [2.05, 4.69) is 17.2 Å². The molecule has 0 atom stereocenters. The van der Waals surface area contributed by atoms with E-state index in [-0.39, 0.29) is 29.6 Å². The quantitative estimate of drug-likeness (QED) is 0.517. The van der Waals surface area contributed by atoms with E-state index >= 15 is 0 Å². The van der Waals surface area contributed by atoms with Crippen LogP contribution in [0.5, 0.6) is 0 Å². The van der Waals surface area contributed by atoms with Gasteiger partial charge in [0.1, 0.15) is 5.82 Å². The largest absolute Gasteiger partial charge is 0.380 e. The van der Waals surface area contributed by atoms with Crippen LogP contribution in [0.1, 0.15) is 48.0 Å². The summed E-state index contributed by atoms with van der Waals surface area (Å²) in [4.78, 5) is 30.0. The molecule has 2 aliphatic heterocycles. The zero-order chi connectivity index (χ0) is 27.0. The highest BCUT2D eigenvalue weighted by Gasteiger charge is 2.50. The molecule has 0 bridgehead atoms. The highest BCUT2D eigenvalue weighted by molar-refractivity contribution is 5.96. The first-order chi connectivity index (χ1) is 18.4. The number of imidazole rings is 1. The van der Waals surface area contributed by atoms with Crippen LogP contribution in [0.15, 0.2) is 67.3 Å². The molecule has 9 heteroatoms. The van der Waals surface area contributed by atoms with Crippen LogP contribution in [0.3, 0.4) is 0 Å². The average Bonchev–Trinajstić information content (AvgIpc) is 3.60. The second kappa shape index (κ2) is 12.8. The van der Waals surface area contributed by atoms with Crippen LogP contribution >= 0.6 is 0 Å². The van der Waals surface area contributed by atoms with E-state index in [9.17, 15) is 14.0 Å². The van der Waals surface area contributed by atoms with E-state index in [4.69, 9.17) is 10.5 Å². The number of rotatable bonds is 6. The van der Waals surface area contributed by atoms with Crippen LogP contribution < -0.4 is 11.1 Å². The van der Waals surface area contributed by atoms with Gasteiger partial charge in [-0.15, -0.1) is 0 Å². The van der Waals surface area contributed by atoms with Gasteiger partial charge < -0.3 is 25.3 Å². The van der Waals surface area contributed by atoms with Gasteiger partial charge in [-0.2, -0.15) is 0 Å². The molecule has 1 spiro atoms. The Balaban J connectivity index is 0.000000198. The molecule has 8 nitrogen and oxygen atoms in total. The lowest BCUT2D eigenvalue weighted by Crippen LogP contribution is -2.68. The van der Waals surface area contributed by atoms with Crippen LogP contribution in [-0.2, 0) is 9.53 Å². The third kappa shape index (κ3) is 7.26. The van der Waals surface area contributed by atoms with Crippen molar-refractivity contribution in [2.24, 2.45) is 11.1 Å². The fourth-order valence-electron chi connectivity index (χ4n) is 4.23. The summed E-state index contributed by atoms with van der Waals surface area (Å²) in [5, 5.41) is 2.68. The van der Waals surface area contributed by atoms with Gasteiger partial charge in [-0.05, 0) is 73.7 Å². The SMILES string of the molecule is CCCN.Fc1ccc(C2CC2)cc1.O=C(NCC(=O)N1CC2(COC2)C1)c1ccc(-n2ccnc2)cc1. The summed E-state index contributed by atoms with van der Waals surface area (Å²) in [7, 11) is 0. The molecule has 202 valence electrons. The van der Waals surface area contributed by atoms with Crippen molar-refractivity contribution >= 4 is 11.8 Å². The van der Waals surface area contributed by atoms with Crippen molar-refractivity contribution in [2.45, 2.75) is 32.1 Å². The third-order valence-electron chi connectivity index (χ3n) is 6.76. The number of benzene rings is 2. The first kappa shape index (κ1) is 27.5. The van der Waals surface area contributed by atoms with Gasteiger partial charge in [-0.25, -0.2) is 9.37 Å². The fraction of sp³-hybridized carbons (Fsp3) is 0.414. The summed E-state index contributed by atoms with van der Waals surface area (Å²) in [5.41, 5.74) is 7.97. The molecular weight excluding hydrogens is 485 g/mol. The van der Waals surface area contributed by atoms with Gasteiger partial charge >= 0.3 is 0 Å². The summed E-state index contributed by atoms with van der Waals surface area (Å²) in [5.74, 6) is 0.309. The number of halogens is 1. The summed E-state index contributed by atoms with van der Waals surface area (Å²) < 4.78 is 19.4. The van der Waals surface area contributed by atoms with E-state index in [0.29, 0.717) is 5.56 Å². The van der Waals surface area contributed by atoms with Gasteiger partial charge in [0.2, 0.25) is 5.91 Å². The lowest BCUT2D eigenvalue weighted by Gasteiger charge is -2.54. The van der Waals surface area contributed by atoms with Crippen molar-refractivity contribution in [1.82, 2.24) is 19.8 Å². The zero-order valence-corrected chi connectivity index (χ0v) is 21.8. The molecule has 3 N–H and O–H groups in total. The smallest absolute Gasteiger partial charge is 0.251 e. The molecule has 1 aliphatic carbocycles. The van der Waals surface area contributed by atoms with Gasteiger partial charge in [-0.1, -0.05) is 19.1 Å². The van der Waals surface area contributed by atoms with Crippen LogP contribution in [0.2, 0.25) is 0 Å². The van der Waals surface area contributed by atoms with E-state index in [0.717, 1.165) is 50.9 Å². The number of ether oxygens (including phenoxy) is 1. The lowest BCUT2D eigenvalue weighted by molar-refractivity contribution is -0.194. The molecular formula is C29H36FN5O3. The number of hydrogen-bond acceptors (Lipinski definition) is 5. The van der Waals surface area contributed by atoms with Crippen LogP contribution in [0.25, 0.3) is 5.69 Å². The van der Waals surface area contributed by atoms with E-state index in [1.54, 1.807) is 29.6 Å². The highest BCUT2D eigenvalue weighted by atomic mass is 19.1. The lowest BCUT2D eigenvalue weighted by atomic mass is 9.78. The second-order valence-corrected chi connectivity index (χ2v) is 10.1. The minimum atomic E-state index is -0.247. The molecule has 3 aromatic rings. The number of aromatic nitrogens is 2. The Kier molecular flexibility index (Phi) is 9.25. The van der Waals surface area contributed by atoms with Gasteiger partial charge in [0.25, 0.3) is 5.91 Å². The maximum Gasteiger partial charge on any atom is 0.251 e. The Morgan fingerprint density at radius 3 is 2.26 bits per heavy atom. The molecule has 2 saturated heterocycles. The monoisotopic (exact) mass is 521 g/mol. The molecule has 3 heterocycles.